The van der Waals surface area contributed by atoms with Crippen LogP contribution in [0.5, 0.6) is 0 Å². The first-order valence-corrected chi connectivity index (χ1v) is 6.11. The van der Waals surface area contributed by atoms with Gasteiger partial charge in [-0.15, -0.1) is 10.2 Å². The molecule has 0 amide bonds. The molecule has 0 N–H and O–H groups in total. The van der Waals surface area contributed by atoms with Crippen LogP contribution in [-0.2, 0) is 0 Å². The average Bonchev–Trinajstić information content (AvgIpc) is 2.45. The highest BCUT2D eigenvalue weighted by Crippen LogP contribution is 2.31. The maximum Gasteiger partial charge on any atom is 0.159 e. The second kappa shape index (κ2) is 4.96. The molecule has 0 radical (unpaired) electrons. The number of hydrogen-bond acceptors (Lipinski definition) is 2. The van der Waals surface area contributed by atoms with Crippen molar-refractivity contribution in [3.63, 3.8) is 0 Å². The standard InChI is InChI=1S/C14H5ClF4N2/c15-14-8-5-12(19)11(18)4-7(8)13(20-21-14)6-1-2-9(16)10(17)3-6/h1-5H. The number of hydrogen-bond donors (Lipinski definition) is 0. The smallest absolute Gasteiger partial charge is 0.159 e. The lowest BCUT2D eigenvalue weighted by Crippen LogP contribution is -1.95. The first-order chi connectivity index (χ1) is 9.97. The van der Waals surface area contributed by atoms with Gasteiger partial charge < -0.3 is 0 Å². The number of nitrogens with zero attached hydrogens (tertiary/aromatic N) is 2. The summed E-state index contributed by atoms with van der Waals surface area (Å²) in [6.45, 7) is 0. The van der Waals surface area contributed by atoms with Crippen LogP contribution in [0, 0.1) is 23.3 Å². The lowest BCUT2D eigenvalue weighted by molar-refractivity contribution is 0.509. The Hall–Kier alpha value is -2.21. The van der Waals surface area contributed by atoms with Crippen molar-refractivity contribution in [3.8, 4) is 11.3 Å². The van der Waals surface area contributed by atoms with E-state index in [1.165, 1.54) is 6.07 Å². The Morgan fingerprint density at radius 2 is 1.33 bits per heavy atom. The number of aromatic nitrogens is 2. The van der Waals surface area contributed by atoms with E-state index in [-0.39, 0.29) is 27.2 Å². The molecule has 0 saturated carbocycles. The molecule has 0 aliphatic carbocycles. The lowest BCUT2D eigenvalue weighted by atomic mass is 10.0. The fraction of sp³-hybridized carbons (Fsp3) is 0. The van der Waals surface area contributed by atoms with Crippen LogP contribution in [0.4, 0.5) is 17.6 Å². The van der Waals surface area contributed by atoms with Crippen molar-refractivity contribution >= 4 is 22.4 Å². The summed E-state index contributed by atoms with van der Waals surface area (Å²) in [5, 5.41) is 7.54. The summed E-state index contributed by atoms with van der Waals surface area (Å²) in [7, 11) is 0. The summed E-state index contributed by atoms with van der Waals surface area (Å²) in [6, 6.07) is 4.84. The Bertz CT molecular complexity index is 867. The van der Waals surface area contributed by atoms with Gasteiger partial charge in [0, 0.05) is 16.3 Å². The third-order valence-electron chi connectivity index (χ3n) is 2.97. The van der Waals surface area contributed by atoms with E-state index >= 15 is 0 Å². The van der Waals surface area contributed by atoms with Gasteiger partial charge in [0.05, 0.1) is 0 Å². The second-order valence-corrected chi connectivity index (χ2v) is 4.64. The summed E-state index contributed by atoms with van der Waals surface area (Å²) in [5.74, 6) is -4.30. The number of fused-ring (bicyclic) bond motifs is 1. The van der Waals surface area contributed by atoms with Gasteiger partial charge in [-0.05, 0) is 30.3 Å². The zero-order valence-corrected chi connectivity index (χ0v) is 10.9. The molecule has 2 nitrogen and oxygen atoms in total. The van der Waals surface area contributed by atoms with Gasteiger partial charge in [0.25, 0.3) is 0 Å². The molecular formula is C14H5ClF4N2. The average molecular weight is 313 g/mol. The SMILES string of the molecule is Fc1ccc(-c2nnc(Cl)c3cc(F)c(F)cc23)cc1F. The highest BCUT2D eigenvalue weighted by molar-refractivity contribution is 6.34. The minimum absolute atomic E-state index is 0.0761. The molecule has 0 spiro atoms. The Morgan fingerprint density at radius 3 is 2.00 bits per heavy atom. The van der Waals surface area contributed by atoms with Crippen molar-refractivity contribution < 1.29 is 17.6 Å². The molecule has 1 aromatic heterocycles. The van der Waals surface area contributed by atoms with Crippen LogP contribution < -0.4 is 0 Å². The zero-order valence-electron chi connectivity index (χ0n) is 10.2. The van der Waals surface area contributed by atoms with Gasteiger partial charge in [-0.3, -0.25) is 0 Å². The maximum absolute atomic E-state index is 13.4. The molecule has 3 rings (SSSR count). The van der Waals surface area contributed by atoms with Crippen LogP contribution >= 0.6 is 11.6 Å². The Labute approximate surface area is 121 Å². The Morgan fingerprint density at radius 1 is 0.714 bits per heavy atom. The molecule has 0 aliphatic rings. The Balaban J connectivity index is 2.35. The largest absolute Gasteiger partial charge is 0.204 e. The minimum Gasteiger partial charge on any atom is -0.204 e. The first-order valence-electron chi connectivity index (χ1n) is 5.73. The van der Waals surface area contributed by atoms with Crippen molar-refractivity contribution in [3.05, 3.63) is 58.8 Å². The summed E-state index contributed by atoms with van der Waals surface area (Å²) in [4.78, 5) is 0. The van der Waals surface area contributed by atoms with Crippen molar-refractivity contribution in [1.82, 2.24) is 10.2 Å². The van der Waals surface area contributed by atoms with E-state index in [0.29, 0.717) is 0 Å². The van der Waals surface area contributed by atoms with Crippen LogP contribution in [0.3, 0.4) is 0 Å². The van der Waals surface area contributed by atoms with E-state index in [4.69, 9.17) is 11.6 Å². The molecule has 0 atom stereocenters. The van der Waals surface area contributed by atoms with Gasteiger partial charge in [-0.25, -0.2) is 17.6 Å². The summed E-state index contributed by atoms with van der Waals surface area (Å²) in [5.41, 5.74) is 0.251. The van der Waals surface area contributed by atoms with E-state index in [1.54, 1.807) is 0 Å². The van der Waals surface area contributed by atoms with E-state index in [1.807, 2.05) is 0 Å². The van der Waals surface area contributed by atoms with Crippen molar-refractivity contribution in [2.45, 2.75) is 0 Å². The molecule has 0 aliphatic heterocycles. The second-order valence-electron chi connectivity index (χ2n) is 4.28. The molecule has 0 fully saturated rings. The van der Waals surface area contributed by atoms with Crippen molar-refractivity contribution in [2.24, 2.45) is 0 Å². The van der Waals surface area contributed by atoms with Crippen LogP contribution in [0.25, 0.3) is 22.0 Å². The first kappa shape index (κ1) is 13.8. The van der Waals surface area contributed by atoms with Crippen LogP contribution in [0.1, 0.15) is 0 Å². The minimum atomic E-state index is -1.10. The normalized spacial score (nSPS) is 11.1. The third-order valence-corrected chi connectivity index (χ3v) is 3.25. The van der Waals surface area contributed by atoms with Gasteiger partial charge in [0.15, 0.2) is 28.4 Å². The van der Waals surface area contributed by atoms with Gasteiger partial charge in [-0.2, -0.15) is 0 Å². The van der Waals surface area contributed by atoms with Gasteiger partial charge in [0.1, 0.15) is 5.69 Å². The molecule has 1 heterocycles. The van der Waals surface area contributed by atoms with Gasteiger partial charge >= 0.3 is 0 Å². The topological polar surface area (TPSA) is 25.8 Å². The number of benzene rings is 2. The van der Waals surface area contributed by atoms with Crippen molar-refractivity contribution in [2.75, 3.05) is 0 Å². The predicted octanol–water partition coefficient (Wildman–Crippen LogP) is 4.51. The quantitative estimate of drug-likeness (QED) is 0.618. The highest BCUT2D eigenvalue weighted by atomic mass is 35.5. The van der Waals surface area contributed by atoms with E-state index in [9.17, 15) is 17.6 Å². The molecule has 21 heavy (non-hydrogen) atoms. The van der Waals surface area contributed by atoms with E-state index < -0.39 is 23.3 Å². The van der Waals surface area contributed by atoms with E-state index in [0.717, 1.165) is 24.3 Å². The third kappa shape index (κ3) is 2.31. The van der Waals surface area contributed by atoms with Gasteiger partial charge in [-0.1, -0.05) is 11.6 Å². The molecule has 3 aromatic rings. The summed E-state index contributed by atoms with van der Waals surface area (Å²) in [6.07, 6.45) is 0. The molecule has 0 bridgehead atoms. The van der Waals surface area contributed by atoms with E-state index in [2.05, 4.69) is 10.2 Å². The fourth-order valence-corrected chi connectivity index (χ4v) is 2.17. The molecule has 106 valence electrons. The predicted molar refractivity (Wildman–Crippen MR) is 69.8 cm³/mol. The summed E-state index contributed by atoms with van der Waals surface area (Å²) >= 11 is 5.80. The molecular weight excluding hydrogens is 308 g/mol. The number of rotatable bonds is 1. The summed E-state index contributed by atoms with van der Waals surface area (Å²) < 4.78 is 53.0. The molecule has 0 unspecified atom stereocenters. The van der Waals surface area contributed by atoms with Crippen LogP contribution in [0.2, 0.25) is 5.15 Å². The Kier molecular flexibility index (Phi) is 3.25. The fourth-order valence-electron chi connectivity index (χ4n) is 1.97. The highest BCUT2D eigenvalue weighted by Gasteiger charge is 2.15. The monoisotopic (exact) mass is 312 g/mol. The molecule has 7 heteroatoms. The van der Waals surface area contributed by atoms with Gasteiger partial charge in [0.2, 0.25) is 0 Å². The maximum atomic E-state index is 13.4. The van der Waals surface area contributed by atoms with Crippen molar-refractivity contribution in [1.29, 1.82) is 0 Å². The number of halogens is 5. The lowest BCUT2D eigenvalue weighted by Gasteiger charge is -2.07. The molecule has 0 saturated heterocycles. The van der Waals surface area contributed by atoms with Crippen LogP contribution in [-0.4, -0.2) is 10.2 Å². The zero-order chi connectivity index (χ0) is 15.1. The van der Waals surface area contributed by atoms with Crippen LogP contribution in [0.15, 0.2) is 30.3 Å². The molecule has 2 aromatic carbocycles.